The molecule has 3 aliphatic heterocycles. The van der Waals surface area contributed by atoms with Crippen molar-refractivity contribution >= 4 is 28.3 Å². The molecule has 6 atom stereocenters. The summed E-state index contributed by atoms with van der Waals surface area (Å²) in [6.45, 7) is 2.95. The molecule has 0 bridgehead atoms. The molecule has 0 saturated carbocycles. The minimum Gasteiger partial charge on any atom is -0.394 e. The second kappa shape index (κ2) is 7.25. The van der Waals surface area contributed by atoms with Crippen molar-refractivity contribution in [1.82, 2.24) is 9.55 Å². The zero-order valence-electron chi connectivity index (χ0n) is 16.8. The Hall–Kier alpha value is -2.03. The number of halogens is 3. The Labute approximate surface area is 181 Å². The van der Waals surface area contributed by atoms with Crippen molar-refractivity contribution in [2.45, 2.75) is 56.5 Å². The third kappa shape index (κ3) is 3.18. The fraction of sp³-hybridized carbons (Fsp3) is 0.600. The van der Waals surface area contributed by atoms with E-state index in [1.807, 2.05) is 6.07 Å². The summed E-state index contributed by atoms with van der Waals surface area (Å²) in [6.07, 6.45) is -3.86. The molecule has 0 amide bonds. The van der Waals surface area contributed by atoms with E-state index in [4.69, 9.17) is 25.8 Å². The van der Waals surface area contributed by atoms with Gasteiger partial charge in [-0.25, -0.2) is 13.8 Å². The Bertz CT molecular complexity index is 1060. The predicted octanol–water partition coefficient (Wildman–Crippen LogP) is 2.47. The summed E-state index contributed by atoms with van der Waals surface area (Å²) in [5.41, 5.74) is 0.789. The lowest BCUT2D eigenvalue weighted by Crippen LogP contribution is -2.31. The normalized spacial score (nSPS) is 34.4. The summed E-state index contributed by atoms with van der Waals surface area (Å²) in [4.78, 5) is 5.86. The van der Waals surface area contributed by atoms with E-state index in [1.165, 1.54) is 4.90 Å². The topological polar surface area (TPSA) is 92.8 Å². The van der Waals surface area contributed by atoms with Crippen LogP contribution in [0.25, 0.3) is 11.0 Å². The maximum absolute atomic E-state index is 13.9. The number of aromatic nitrogens is 2. The summed E-state index contributed by atoms with van der Waals surface area (Å²) in [5.74, 6) is -0.847. The van der Waals surface area contributed by atoms with Gasteiger partial charge < -0.3 is 28.8 Å². The SMILES string of the molecule is CC1(C)O[C@@H]2[C@H](O1)[C@@H](CO)O[C@H]2n1ccc2c(N3C[C@@H](F)[C@@H](F)C3)c(C#N)c(Cl)nc21. The van der Waals surface area contributed by atoms with Gasteiger partial charge in [0.1, 0.15) is 35.6 Å². The molecular formula is C20H21ClF2N4O4. The van der Waals surface area contributed by atoms with Gasteiger partial charge in [0, 0.05) is 11.6 Å². The zero-order valence-corrected chi connectivity index (χ0v) is 17.6. The van der Waals surface area contributed by atoms with E-state index in [0.717, 1.165) is 0 Å². The van der Waals surface area contributed by atoms with Gasteiger partial charge in [-0.1, -0.05) is 11.6 Å². The third-order valence-electron chi connectivity index (χ3n) is 5.98. The smallest absolute Gasteiger partial charge is 0.164 e. The Kier molecular flexibility index (Phi) is 4.88. The van der Waals surface area contributed by atoms with Crippen molar-refractivity contribution in [3.05, 3.63) is 23.0 Å². The van der Waals surface area contributed by atoms with Gasteiger partial charge in [0.25, 0.3) is 0 Å². The first-order valence-electron chi connectivity index (χ1n) is 9.99. The highest BCUT2D eigenvalue weighted by Gasteiger charge is 2.56. The average Bonchev–Trinajstić information content (AvgIpc) is 3.43. The number of anilines is 1. The van der Waals surface area contributed by atoms with Gasteiger partial charge in [-0.15, -0.1) is 0 Å². The molecule has 0 unspecified atom stereocenters. The summed E-state index contributed by atoms with van der Waals surface area (Å²) in [6, 6.07) is 3.71. The maximum Gasteiger partial charge on any atom is 0.164 e. The number of ether oxygens (including phenoxy) is 3. The van der Waals surface area contributed by atoms with E-state index >= 15 is 0 Å². The van der Waals surface area contributed by atoms with Gasteiger partial charge in [0.2, 0.25) is 0 Å². The van der Waals surface area contributed by atoms with Crippen LogP contribution in [-0.2, 0) is 14.2 Å². The molecule has 2 aromatic heterocycles. The van der Waals surface area contributed by atoms with Crippen LogP contribution in [0.1, 0.15) is 25.6 Å². The van der Waals surface area contributed by atoms with Crippen LogP contribution in [-0.4, -0.2) is 70.8 Å². The van der Waals surface area contributed by atoms with Crippen molar-refractivity contribution in [2.24, 2.45) is 0 Å². The van der Waals surface area contributed by atoms with Crippen molar-refractivity contribution in [1.29, 1.82) is 5.26 Å². The fourth-order valence-electron chi connectivity index (χ4n) is 4.69. The second-order valence-corrected chi connectivity index (χ2v) is 8.81. The molecule has 0 aromatic carbocycles. The van der Waals surface area contributed by atoms with Gasteiger partial charge in [-0.2, -0.15) is 5.26 Å². The number of hydrogen-bond donors (Lipinski definition) is 1. The van der Waals surface area contributed by atoms with Crippen LogP contribution in [0.2, 0.25) is 5.15 Å². The van der Waals surface area contributed by atoms with E-state index in [9.17, 15) is 19.1 Å². The van der Waals surface area contributed by atoms with Crippen LogP contribution in [0, 0.1) is 11.3 Å². The summed E-state index contributed by atoms with van der Waals surface area (Å²) >= 11 is 6.31. The first-order valence-corrected chi connectivity index (χ1v) is 10.4. The van der Waals surface area contributed by atoms with Crippen LogP contribution in [0.4, 0.5) is 14.5 Å². The number of aliphatic hydroxyl groups excluding tert-OH is 1. The standard InChI is InChI=1S/C20H21ClF2N4O4/c1-20(2)30-15-13(8-28)29-19(16(15)31-20)27-4-3-9-14(26-6-11(22)12(23)7-26)10(5-24)17(21)25-18(9)27/h3-4,11-13,15-16,19,28H,6-8H2,1-2H3/t11-,12+,13-,15-,16-,19-/m1/s1. The molecule has 5 rings (SSSR count). The number of fused-ring (bicyclic) bond motifs is 2. The van der Waals surface area contributed by atoms with Crippen LogP contribution in [0.5, 0.6) is 0 Å². The Balaban J connectivity index is 1.62. The molecule has 3 fully saturated rings. The summed E-state index contributed by atoms with van der Waals surface area (Å²) in [7, 11) is 0. The van der Waals surface area contributed by atoms with E-state index in [1.54, 1.807) is 30.7 Å². The molecule has 0 radical (unpaired) electrons. The lowest BCUT2D eigenvalue weighted by molar-refractivity contribution is -0.199. The largest absolute Gasteiger partial charge is 0.394 e. The van der Waals surface area contributed by atoms with Crippen molar-refractivity contribution in [2.75, 3.05) is 24.6 Å². The van der Waals surface area contributed by atoms with Crippen molar-refractivity contribution in [3.8, 4) is 6.07 Å². The zero-order chi connectivity index (χ0) is 22.1. The van der Waals surface area contributed by atoms with E-state index in [2.05, 4.69) is 4.98 Å². The van der Waals surface area contributed by atoms with Gasteiger partial charge in [0.15, 0.2) is 29.5 Å². The molecule has 0 aliphatic carbocycles. The molecule has 3 aliphatic rings. The number of hydrogen-bond acceptors (Lipinski definition) is 7. The maximum atomic E-state index is 13.9. The number of nitriles is 1. The quantitative estimate of drug-likeness (QED) is 0.712. The lowest BCUT2D eigenvalue weighted by Gasteiger charge is -2.25. The lowest BCUT2D eigenvalue weighted by atomic mass is 10.1. The van der Waals surface area contributed by atoms with E-state index in [0.29, 0.717) is 16.7 Å². The summed E-state index contributed by atoms with van der Waals surface area (Å²) < 4.78 is 47.4. The number of pyridine rings is 1. The molecule has 11 heteroatoms. The molecule has 0 spiro atoms. The average molecular weight is 455 g/mol. The molecule has 166 valence electrons. The highest BCUT2D eigenvalue weighted by molar-refractivity contribution is 6.31. The Morgan fingerprint density at radius 3 is 2.61 bits per heavy atom. The monoisotopic (exact) mass is 454 g/mol. The predicted molar refractivity (Wildman–Crippen MR) is 106 cm³/mol. The highest BCUT2D eigenvalue weighted by atomic mass is 35.5. The fourth-order valence-corrected chi connectivity index (χ4v) is 4.90. The first-order chi connectivity index (χ1) is 14.7. The minimum absolute atomic E-state index is 0.0632. The number of alkyl halides is 2. The Morgan fingerprint density at radius 1 is 1.29 bits per heavy atom. The molecule has 5 heterocycles. The van der Waals surface area contributed by atoms with Crippen LogP contribution in [0.3, 0.4) is 0 Å². The summed E-state index contributed by atoms with van der Waals surface area (Å²) in [5, 5.41) is 19.8. The van der Waals surface area contributed by atoms with Gasteiger partial charge >= 0.3 is 0 Å². The number of nitrogens with zero attached hydrogens (tertiary/aromatic N) is 4. The Morgan fingerprint density at radius 2 is 1.97 bits per heavy atom. The second-order valence-electron chi connectivity index (χ2n) is 8.45. The number of aliphatic hydroxyl groups is 1. The van der Waals surface area contributed by atoms with Crippen molar-refractivity contribution < 1.29 is 28.1 Å². The van der Waals surface area contributed by atoms with E-state index < -0.39 is 42.7 Å². The molecule has 2 aromatic rings. The molecule has 3 saturated heterocycles. The van der Waals surface area contributed by atoms with Gasteiger partial charge in [0.05, 0.1) is 25.4 Å². The molecule has 1 N–H and O–H groups in total. The molecule has 31 heavy (non-hydrogen) atoms. The van der Waals surface area contributed by atoms with Crippen LogP contribution >= 0.6 is 11.6 Å². The van der Waals surface area contributed by atoms with E-state index in [-0.39, 0.29) is 30.4 Å². The van der Waals surface area contributed by atoms with Crippen LogP contribution < -0.4 is 4.90 Å². The first kappa shape index (κ1) is 20.8. The third-order valence-corrected chi connectivity index (χ3v) is 6.25. The number of rotatable bonds is 3. The van der Waals surface area contributed by atoms with Crippen LogP contribution in [0.15, 0.2) is 12.3 Å². The molecular weight excluding hydrogens is 434 g/mol. The molecule has 8 nitrogen and oxygen atoms in total. The highest BCUT2D eigenvalue weighted by Crippen LogP contribution is 2.45. The van der Waals surface area contributed by atoms with Gasteiger partial charge in [-0.05, 0) is 19.9 Å². The van der Waals surface area contributed by atoms with Crippen molar-refractivity contribution in [3.63, 3.8) is 0 Å². The minimum atomic E-state index is -1.65. The van der Waals surface area contributed by atoms with Gasteiger partial charge in [-0.3, -0.25) is 0 Å².